The van der Waals surface area contributed by atoms with Crippen LogP contribution in [0.2, 0.25) is 18.1 Å². The first-order valence-corrected chi connectivity index (χ1v) is 15.5. The van der Waals surface area contributed by atoms with Crippen LogP contribution in [0.25, 0.3) is 22.2 Å². The summed E-state index contributed by atoms with van der Waals surface area (Å²) in [5.41, 5.74) is 4.32. The van der Waals surface area contributed by atoms with Crippen LogP contribution < -0.4 is 4.90 Å². The molecule has 0 N–H and O–H groups in total. The van der Waals surface area contributed by atoms with Crippen LogP contribution in [-0.2, 0) is 4.43 Å². The van der Waals surface area contributed by atoms with Gasteiger partial charge in [-0.1, -0.05) is 48.8 Å². The zero-order valence-corrected chi connectivity index (χ0v) is 23.0. The van der Waals surface area contributed by atoms with E-state index in [1.165, 1.54) is 5.69 Å². The zero-order chi connectivity index (χ0) is 23.6. The Labute approximate surface area is 207 Å². The molecule has 3 aromatic rings. The highest BCUT2D eigenvalue weighted by Crippen LogP contribution is 2.36. The van der Waals surface area contributed by atoms with Crippen molar-refractivity contribution in [1.29, 1.82) is 0 Å². The molecule has 2 heterocycles. The summed E-state index contributed by atoms with van der Waals surface area (Å²) in [6, 6.07) is 14.9. The van der Waals surface area contributed by atoms with Crippen molar-refractivity contribution in [3.63, 3.8) is 0 Å². The number of nitrogens with zero attached hydrogens (tertiary/aromatic N) is 4. The predicted molar refractivity (Wildman–Crippen MR) is 144 cm³/mol. The monoisotopic (exact) mass is 526 g/mol. The van der Waals surface area contributed by atoms with Crippen LogP contribution in [-0.4, -0.2) is 62.5 Å². The summed E-state index contributed by atoms with van der Waals surface area (Å²) < 4.78 is 7.41. The third kappa shape index (κ3) is 5.65. The van der Waals surface area contributed by atoms with Crippen molar-refractivity contribution < 1.29 is 4.43 Å². The average molecular weight is 528 g/mol. The quantitative estimate of drug-likeness (QED) is 0.357. The number of piperazine rings is 1. The molecule has 0 spiro atoms. The predicted octanol–water partition coefficient (Wildman–Crippen LogP) is 6.20. The molecule has 1 aliphatic rings. The zero-order valence-electron chi connectivity index (χ0n) is 20.4. The van der Waals surface area contributed by atoms with Crippen molar-refractivity contribution in [2.24, 2.45) is 0 Å². The van der Waals surface area contributed by atoms with E-state index in [2.05, 4.69) is 99.9 Å². The van der Waals surface area contributed by atoms with Crippen molar-refractivity contribution in [2.75, 3.05) is 44.2 Å². The Morgan fingerprint density at radius 3 is 2.33 bits per heavy atom. The standard InChI is InChI=1S/C26H35BrN4OSi/c1-26(2,3)33(4,5)32-17-16-30-12-14-31(15-13-30)22-9-6-20(7-10-22)25-23-18-21(27)8-11-24(23)28-19-29-25/h6-11,18-19H,12-17H2,1-5H3. The molecule has 2 aromatic carbocycles. The SMILES string of the molecule is CC(C)(C)[Si](C)(C)OCCN1CCN(c2ccc(-c3ncnc4ccc(Br)cc34)cc2)CC1. The minimum atomic E-state index is -1.66. The molecule has 0 amide bonds. The molecule has 0 atom stereocenters. The number of hydrogen-bond donors (Lipinski definition) is 0. The smallest absolute Gasteiger partial charge is 0.192 e. The third-order valence-corrected chi connectivity index (χ3v) is 12.2. The van der Waals surface area contributed by atoms with Crippen LogP contribution in [0, 0.1) is 0 Å². The van der Waals surface area contributed by atoms with Gasteiger partial charge in [-0.3, -0.25) is 4.90 Å². The maximum Gasteiger partial charge on any atom is 0.192 e. The molecular weight excluding hydrogens is 492 g/mol. The van der Waals surface area contributed by atoms with E-state index in [4.69, 9.17) is 4.43 Å². The van der Waals surface area contributed by atoms with Crippen LogP contribution in [0.4, 0.5) is 5.69 Å². The van der Waals surface area contributed by atoms with E-state index in [1.807, 2.05) is 12.1 Å². The summed E-state index contributed by atoms with van der Waals surface area (Å²) >= 11 is 3.57. The number of hydrogen-bond acceptors (Lipinski definition) is 5. The lowest BCUT2D eigenvalue weighted by atomic mass is 10.1. The molecule has 0 bridgehead atoms. The van der Waals surface area contributed by atoms with E-state index in [1.54, 1.807) is 6.33 Å². The van der Waals surface area contributed by atoms with Crippen LogP contribution in [0.5, 0.6) is 0 Å². The lowest BCUT2D eigenvalue weighted by Crippen LogP contribution is -2.48. The third-order valence-electron chi connectivity index (χ3n) is 7.15. The van der Waals surface area contributed by atoms with Crippen molar-refractivity contribution in [2.45, 2.75) is 38.9 Å². The Balaban J connectivity index is 1.35. The van der Waals surface area contributed by atoms with Gasteiger partial charge in [0.2, 0.25) is 0 Å². The fourth-order valence-electron chi connectivity index (χ4n) is 3.97. The van der Waals surface area contributed by atoms with Crippen molar-refractivity contribution in [3.05, 3.63) is 53.3 Å². The summed E-state index contributed by atoms with van der Waals surface area (Å²) in [5.74, 6) is 0. The molecule has 33 heavy (non-hydrogen) atoms. The Hall–Kier alpha value is -1.80. The number of fused-ring (bicyclic) bond motifs is 1. The molecule has 1 aromatic heterocycles. The van der Waals surface area contributed by atoms with Gasteiger partial charge in [-0.05, 0) is 48.5 Å². The minimum absolute atomic E-state index is 0.270. The second kappa shape index (κ2) is 9.82. The Morgan fingerprint density at radius 1 is 0.970 bits per heavy atom. The highest BCUT2D eigenvalue weighted by Gasteiger charge is 2.37. The van der Waals surface area contributed by atoms with E-state index >= 15 is 0 Å². The first-order chi connectivity index (χ1) is 15.6. The average Bonchev–Trinajstić information content (AvgIpc) is 2.78. The highest BCUT2D eigenvalue weighted by molar-refractivity contribution is 9.10. The van der Waals surface area contributed by atoms with Crippen LogP contribution >= 0.6 is 15.9 Å². The molecule has 1 fully saturated rings. The summed E-state index contributed by atoms with van der Waals surface area (Å²) in [6.45, 7) is 17.7. The van der Waals surface area contributed by atoms with Gasteiger partial charge in [0.25, 0.3) is 0 Å². The molecule has 1 aliphatic heterocycles. The summed E-state index contributed by atoms with van der Waals surface area (Å²) in [6.07, 6.45) is 1.65. The Morgan fingerprint density at radius 2 is 1.67 bits per heavy atom. The maximum atomic E-state index is 6.37. The van der Waals surface area contributed by atoms with Crippen molar-refractivity contribution in [1.82, 2.24) is 14.9 Å². The van der Waals surface area contributed by atoms with Gasteiger partial charge < -0.3 is 9.33 Å². The molecule has 0 aliphatic carbocycles. The molecule has 7 heteroatoms. The van der Waals surface area contributed by atoms with E-state index in [0.717, 1.165) is 66.0 Å². The molecule has 176 valence electrons. The largest absolute Gasteiger partial charge is 0.416 e. The van der Waals surface area contributed by atoms with Crippen molar-refractivity contribution in [3.8, 4) is 11.3 Å². The van der Waals surface area contributed by atoms with Gasteiger partial charge in [0.1, 0.15) is 6.33 Å². The first-order valence-electron chi connectivity index (χ1n) is 11.8. The molecule has 1 saturated heterocycles. The maximum absolute atomic E-state index is 6.37. The van der Waals surface area contributed by atoms with E-state index in [9.17, 15) is 0 Å². The molecule has 0 radical (unpaired) electrons. The summed E-state index contributed by atoms with van der Waals surface area (Å²) in [4.78, 5) is 14.0. The lowest BCUT2D eigenvalue weighted by Gasteiger charge is -2.39. The second-order valence-electron chi connectivity index (χ2n) is 10.4. The normalized spacial score (nSPS) is 15.9. The summed E-state index contributed by atoms with van der Waals surface area (Å²) in [7, 11) is -1.66. The van der Waals surface area contributed by atoms with E-state index < -0.39 is 8.32 Å². The number of aromatic nitrogens is 2. The lowest BCUT2D eigenvalue weighted by molar-refractivity contribution is 0.191. The fourth-order valence-corrected chi connectivity index (χ4v) is 5.36. The van der Waals surface area contributed by atoms with Crippen LogP contribution in [0.1, 0.15) is 20.8 Å². The van der Waals surface area contributed by atoms with Gasteiger partial charge in [-0.15, -0.1) is 0 Å². The summed E-state index contributed by atoms with van der Waals surface area (Å²) in [5, 5.41) is 1.33. The van der Waals surface area contributed by atoms with E-state index in [0.29, 0.717) is 0 Å². The Bertz CT molecular complexity index is 1090. The van der Waals surface area contributed by atoms with Gasteiger partial charge in [0.15, 0.2) is 8.32 Å². The highest BCUT2D eigenvalue weighted by atomic mass is 79.9. The van der Waals surface area contributed by atoms with Gasteiger partial charge >= 0.3 is 0 Å². The van der Waals surface area contributed by atoms with Gasteiger partial charge in [0, 0.05) is 60.4 Å². The number of halogens is 1. The molecular formula is C26H35BrN4OSi. The molecule has 4 rings (SSSR count). The first kappa shape index (κ1) is 24.3. The molecule has 5 nitrogen and oxygen atoms in total. The molecule has 0 saturated carbocycles. The van der Waals surface area contributed by atoms with Gasteiger partial charge in [-0.2, -0.15) is 0 Å². The minimum Gasteiger partial charge on any atom is -0.416 e. The fraction of sp³-hybridized carbons (Fsp3) is 0.462. The van der Waals surface area contributed by atoms with Gasteiger partial charge in [-0.25, -0.2) is 9.97 Å². The number of benzene rings is 2. The topological polar surface area (TPSA) is 41.5 Å². The Kier molecular flexibility index (Phi) is 7.24. The van der Waals surface area contributed by atoms with Gasteiger partial charge in [0.05, 0.1) is 11.2 Å². The van der Waals surface area contributed by atoms with Crippen molar-refractivity contribution >= 4 is 40.8 Å². The molecule has 0 unspecified atom stereocenters. The van der Waals surface area contributed by atoms with Crippen LogP contribution in [0.15, 0.2) is 53.3 Å². The second-order valence-corrected chi connectivity index (χ2v) is 16.1. The number of rotatable bonds is 6. The number of anilines is 1. The van der Waals surface area contributed by atoms with Crippen LogP contribution in [0.3, 0.4) is 0 Å². The van der Waals surface area contributed by atoms with E-state index in [-0.39, 0.29) is 5.04 Å².